The van der Waals surface area contributed by atoms with Crippen molar-refractivity contribution in [3.05, 3.63) is 6.42 Å². The molecule has 0 nitrogen and oxygen atoms in total. The first-order valence-electron chi connectivity index (χ1n) is 4.19. The Morgan fingerprint density at radius 2 is 1.55 bits per heavy atom. The van der Waals surface area contributed by atoms with Crippen LogP contribution < -0.4 is 17.0 Å². The summed E-state index contributed by atoms with van der Waals surface area (Å²) in [7, 11) is 0. The molecule has 0 fully saturated rings. The van der Waals surface area contributed by atoms with E-state index in [1.165, 1.54) is 38.5 Å². The van der Waals surface area contributed by atoms with E-state index in [-0.39, 0.29) is 36.5 Å². The SMILES string of the molecule is C[CH-]CCCCCCC.[Br-].[Zn+2]. The molecule has 0 saturated heterocycles. The van der Waals surface area contributed by atoms with E-state index in [2.05, 4.69) is 20.3 Å². The molecule has 0 unspecified atom stereocenters. The van der Waals surface area contributed by atoms with Crippen LogP contribution in [-0.2, 0) is 19.5 Å². The van der Waals surface area contributed by atoms with Crippen molar-refractivity contribution in [2.24, 2.45) is 0 Å². The summed E-state index contributed by atoms with van der Waals surface area (Å²) in [5.74, 6) is 0. The van der Waals surface area contributed by atoms with Gasteiger partial charge in [-0.15, -0.1) is 0 Å². The van der Waals surface area contributed by atoms with Crippen LogP contribution in [0.15, 0.2) is 0 Å². The van der Waals surface area contributed by atoms with Gasteiger partial charge < -0.3 is 23.4 Å². The van der Waals surface area contributed by atoms with Crippen molar-refractivity contribution in [3.63, 3.8) is 0 Å². The van der Waals surface area contributed by atoms with Crippen molar-refractivity contribution in [1.82, 2.24) is 0 Å². The number of unbranched alkanes of at least 4 members (excludes halogenated alkanes) is 6. The minimum atomic E-state index is 0. The third-order valence-electron chi connectivity index (χ3n) is 1.60. The number of hydrogen-bond acceptors (Lipinski definition) is 0. The molecule has 0 saturated carbocycles. The van der Waals surface area contributed by atoms with Crippen LogP contribution in [-0.4, -0.2) is 0 Å². The maximum absolute atomic E-state index is 2.26. The summed E-state index contributed by atoms with van der Waals surface area (Å²) in [5.41, 5.74) is 0. The van der Waals surface area contributed by atoms with Crippen molar-refractivity contribution in [2.45, 2.75) is 52.4 Å². The molecule has 0 aliphatic heterocycles. The molecule has 11 heavy (non-hydrogen) atoms. The van der Waals surface area contributed by atoms with Gasteiger partial charge in [-0.3, -0.25) is 0 Å². The largest absolute Gasteiger partial charge is 2.00 e. The van der Waals surface area contributed by atoms with E-state index < -0.39 is 0 Å². The van der Waals surface area contributed by atoms with E-state index in [0.717, 1.165) is 0 Å². The Morgan fingerprint density at radius 3 is 2.00 bits per heavy atom. The summed E-state index contributed by atoms with van der Waals surface area (Å²) in [4.78, 5) is 0. The number of halogens is 1. The Hall–Kier alpha value is 1.10. The molecule has 2 heteroatoms. The zero-order chi connectivity index (χ0) is 6.95. The van der Waals surface area contributed by atoms with Crippen molar-refractivity contribution in [3.8, 4) is 0 Å². The van der Waals surface area contributed by atoms with Crippen LogP contribution in [0.5, 0.6) is 0 Å². The molecule has 0 atom stereocenters. The van der Waals surface area contributed by atoms with Gasteiger partial charge in [0.15, 0.2) is 0 Å². The summed E-state index contributed by atoms with van der Waals surface area (Å²) < 4.78 is 0. The zero-order valence-corrected chi connectivity index (χ0v) is 12.5. The summed E-state index contributed by atoms with van der Waals surface area (Å²) in [6, 6.07) is 0. The molecule has 0 N–H and O–H groups in total. The van der Waals surface area contributed by atoms with Gasteiger partial charge in [0.25, 0.3) is 0 Å². The van der Waals surface area contributed by atoms with Crippen LogP contribution >= 0.6 is 0 Å². The van der Waals surface area contributed by atoms with Gasteiger partial charge in [-0.05, 0) is 0 Å². The predicted molar refractivity (Wildman–Crippen MR) is 43.4 cm³/mol. The maximum Gasteiger partial charge on any atom is 2.00 e. The second-order valence-electron chi connectivity index (χ2n) is 2.61. The Bertz CT molecular complexity index is 42.8. The van der Waals surface area contributed by atoms with Crippen molar-refractivity contribution < 1.29 is 36.5 Å². The quantitative estimate of drug-likeness (QED) is 0.377. The van der Waals surface area contributed by atoms with Crippen LogP contribution in [0.3, 0.4) is 0 Å². The zero-order valence-electron chi connectivity index (χ0n) is 7.91. The van der Waals surface area contributed by atoms with Crippen molar-refractivity contribution in [2.75, 3.05) is 0 Å². The monoisotopic (exact) mass is 270 g/mol. The molecule has 0 spiro atoms. The van der Waals surface area contributed by atoms with Gasteiger partial charge in [0.05, 0.1) is 0 Å². The second-order valence-corrected chi connectivity index (χ2v) is 2.61. The fraction of sp³-hybridized carbons (Fsp3) is 0.889. The predicted octanol–water partition coefficient (Wildman–Crippen LogP) is 0.573. The molecule has 0 bridgehead atoms. The molecule has 0 aromatic rings. The van der Waals surface area contributed by atoms with Crippen LogP contribution in [0.25, 0.3) is 0 Å². The third-order valence-corrected chi connectivity index (χ3v) is 1.60. The molecule has 0 heterocycles. The Labute approximate surface area is 95.1 Å². The average molecular weight is 273 g/mol. The molecule has 0 aromatic heterocycles. The molecular formula is C9H19BrZn. The number of hydrogen-bond donors (Lipinski definition) is 0. The van der Waals surface area contributed by atoms with Gasteiger partial charge in [-0.1, -0.05) is 39.0 Å². The molecule has 0 aliphatic rings. The van der Waals surface area contributed by atoms with E-state index in [0.29, 0.717) is 0 Å². The van der Waals surface area contributed by atoms with Gasteiger partial charge in [0.2, 0.25) is 0 Å². The topological polar surface area (TPSA) is 0 Å². The van der Waals surface area contributed by atoms with Crippen LogP contribution in [0.2, 0.25) is 0 Å². The maximum atomic E-state index is 2.26. The summed E-state index contributed by atoms with van der Waals surface area (Å²) in [6.45, 7) is 4.39. The standard InChI is InChI=1S/C9H19.BrH.Zn/c1-3-5-7-9-8-6-4-2;;/h3H,4-9H2,1-2H3;1H;/q-1;;+2/p-1. The summed E-state index contributed by atoms with van der Waals surface area (Å²) in [5, 5.41) is 0. The number of rotatable bonds is 6. The first-order valence-corrected chi connectivity index (χ1v) is 4.19. The van der Waals surface area contributed by atoms with E-state index in [4.69, 9.17) is 0 Å². The van der Waals surface area contributed by atoms with Gasteiger partial charge in [0.1, 0.15) is 0 Å². The normalized spacial score (nSPS) is 8.18. The fourth-order valence-corrected chi connectivity index (χ4v) is 0.952. The van der Waals surface area contributed by atoms with E-state index in [1.54, 1.807) is 0 Å². The first-order chi connectivity index (χ1) is 4.41. The molecule has 0 rings (SSSR count). The molecule has 64 valence electrons. The van der Waals surface area contributed by atoms with Crippen LogP contribution in [0, 0.1) is 6.42 Å². The molecule has 0 aromatic carbocycles. The molecule has 0 aliphatic carbocycles. The minimum Gasteiger partial charge on any atom is -1.00 e. The summed E-state index contributed by atoms with van der Waals surface area (Å²) in [6.07, 6.45) is 10.6. The van der Waals surface area contributed by atoms with Crippen LogP contribution in [0.1, 0.15) is 52.4 Å². The Kier molecular flexibility index (Phi) is 28.3. The average Bonchev–Trinajstić information content (AvgIpc) is 1.89. The van der Waals surface area contributed by atoms with Crippen molar-refractivity contribution in [1.29, 1.82) is 0 Å². The fourth-order valence-electron chi connectivity index (χ4n) is 0.952. The van der Waals surface area contributed by atoms with Gasteiger partial charge in [-0.2, -0.15) is 13.3 Å². The van der Waals surface area contributed by atoms with Gasteiger partial charge in [0, 0.05) is 0 Å². The summed E-state index contributed by atoms with van der Waals surface area (Å²) >= 11 is 0. The Balaban J connectivity index is -0.000000320. The molecule has 0 radical (unpaired) electrons. The van der Waals surface area contributed by atoms with Gasteiger partial charge in [-0.25, -0.2) is 0 Å². The Morgan fingerprint density at radius 1 is 1.00 bits per heavy atom. The van der Waals surface area contributed by atoms with Gasteiger partial charge >= 0.3 is 19.5 Å². The van der Waals surface area contributed by atoms with Crippen molar-refractivity contribution >= 4 is 0 Å². The minimum absolute atomic E-state index is 0. The van der Waals surface area contributed by atoms with E-state index >= 15 is 0 Å². The molecule has 0 amide bonds. The van der Waals surface area contributed by atoms with E-state index in [9.17, 15) is 0 Å². The molecular weight excluding hydrogens is 253 g/mol. The smallest absolute Gasteiger partial charge is 1.00 e. The van der Waals surface area contributed by atoms with Crippen LogP contribution in [0.4, 0.5) is 0 Å². The van der Waals surface area contributed by atoms with E-state index in [1.807, 2.05) is 0 Å². The second kappa shape index (κ2) is 17.3. The first kappa shape index (κ1) is 18.0. The third kappa shape index (κ3) is 18.2.